The standard InChI is InChI=1S/C15H17ClN4OS/c16-13-3-1-12(2-4-13)11-18-14(21)19-6-8-20(9-7-19)15-17-5-10-22-15/h1-5,10H,6-9,11H2,(H,18,21). The van der Waals surface area contributed by atoms with Gasteiger partial charge in [0.05, 0.1) is 0 Å². The van der Waals surface area contributed by atoms with Gasteiger partial charge in [-0.25, -0.2) is 9.78 Å². The fourth-order valence-corrected chi connectivity index (χ4v) is 3.19. The number of anilines is 1. The second kappa shape index (κ2) is 6.98. The van der Waals surface area contributed by atoms with Crippen molar-refractivity contribution < 1.29 is 4.79 Å². The zero-order valence-corrected chi connectivity index (χ0v) is 13.6. The largest absolute Gasteiger partial charge is 0.345 e. The van der Waals surface area contributed by atoms with Crippen LogP contribution in [0, 0.1) is 0 Å². The Labute approximate surface area is 138 Å². The van der Waals surface area contributed by atoms with Crippen molar-refractivity contribution in [2.75, 3.05) is 31.1 Å². The van der Waals surface area contributed by atoms with Crippen molar-refractivity contribution >= 4 is 34.1 Å². The number of amides is 2. The summed E-state index contributed by atoms with van der Waals surface area (Å²) >= 11 is 7.48. The summed E-state index contributed by atoms with van der Waals surface area (Å²) < 4.78 is 0. The number of benzene rings is 1. The molecule has 7 heteroatoms. The maximum Gasteiger partial charge on any atom is 0.317 e. The fraction of sp³-hybridized carbons (Fsp3) is 0.333. The van der Waals surface area contributed by atoms with Crippen LogP contribution >= 0.6 is 22.9 Å². The van der Waals surface area contributed by atoms with E-state index in [1.807, 2.05) is 40.7 Å². The number of nitrogens with zero attached hydrogens (tertiary/aromatic N) is 3. The van der Waals surface area contributed by atoms with Gasteiger partial charge in [-0.05, 0) is 17.7 Å². The van der Waals surface area contributed by atoms with E-state index in [9.17, 15) is 4.79 Å². The van der Waals surface area contributed by atoms with Gasteiger partial charge in [0.1, 0.15) is 0 Å². The van der Waals surface area contributed by atoms with Crippen LogP contribution in [0.25, 0.3) is 0 Å². The van der Waals surface area contributed by atoms with Crippen LogP contribution in [0.2, 0.25) is 5.02 Å². The molecule has 0 atom stereocenters. The first-order valence-corrected chi connectivity index (χ1v) is 8.40. The summed E-state index contributed by atoms with van der Waals surface area (Å²) in [7, 11) is 0. The predicted octanol–water partition coefficient (Wildman–Crippen LogP) is 2.83. The maximum absolute atomic E-state index is 12.2. The minimum atomic E-state index is -0.0197. The number of rotatable bonds is 3. The second-order valence-electron chi connectivity index (χ2n) is 5.07. The van der Waals surface area contributed by atoms with Gasteiger partial charge in [-0.2, -0.15) is 0 Å². The van der Waals surface area contributed by atoms with Gasteiger partial charge in [-0.1, -0.05) is 23.7 Å². The number of carbonyl (C=O) groups excluding carboxylic acids is 1. The number of urea groups is 1. The molecular formula is C15H17ClN4OS. The summed E-state index contributed by atoms with van der Waals surface area (Å²) in [6.45, 7) is 3.59. The summed E-state index contributed by atoms with van der Waals surface area (Å²) in [6.07, 6.45) is 1.81. The molecule has 116 valence electrons. The summed E-state index contributed by atoms with van der Waals surface area (Å²) in [6, 6.07) is 7.48. The molecule has 0 unspecified atom stereocenters. The van der Waals surface area contributed by atoms with Crippen LogP contribution < -0.4 is 10.2 Å². The number of nitrogens with one attached hydrogen (secondary N) is 1. The predicted molar refractivity (Wildman–Crippen MR) is 89.6 cm³/mol. The Morgan fingerprint density at radius 2 is 1.95 bits per heavy atom. The highest BCUT2D eigenvalue weighted by Gasteiger charge is 2.21. The SMILES string of the molecule is O=C(NCc1ccc(Cl)cc1)N1CCN(c2nccs2)CC1. The summed E-state index contributed by atoms with van der Waals surface area (Å²) in [4.78, 5) is 20.6. The van der Waals surface area contributed by atoms with E-state index in [4.69, 9.17) is 11.6 Å². The van der Waals surface area contributed by atoms with Crippen molar-refractivity contribution in [2.45, 2.75) is 6.54 Å². The van der Waals surface area contributed by atoms with Gasteiger partial charge in [0.15, 0.2) is 5.13 Å². The minimum absolute atomic E-state index is 0.0197. The first kappa shape index (κ1) is 15.1. The van der Waals surface area contributed by atoms with E-state index in [0.29, 0.717) is 24.7 Å². The number of hydrogen-bond donors (Lipinski definition) is 1. The molecule has 2 heterocycles. The Kier molecular flexibility index (Phi) is 4.80. The molecule has 1 aromatic heterocycles. The number of carbonyl (C=O) groups is 1. The molecule has 2 aromatic rings. The number of aromatic nitrogens is 1. The molecule has 1 N–H and O–H groups in total. The molecule has 1 saturated heterocycles. The lowest BCUT2D eigenvalue weighted by molar-refractivity contribution is 0.194. The van der Waals surface area contributed by atoms with E-state index in [-0.39, 0.29) is 6.03 Å². The van der Waals surface area contributed by atoms with Gasteiger partial charge in [-0.15, -0.1) is 11.3 Å². The van der Waals surface area contributed by atoms with Crippen molar-refractivity contribution in [3.8, 4) is 0 Å². The zero-order chi connectivity index (χ0) is 15.4. The van der Waals surface area contributed by atoms with Gasteiger partial charge in [0.25, 0.3) is 0 Å². The summed E-state index contributed by atoms with van der Waals surface area (Å²) in [5, 5.41) is 6.65. The minimum Gasteiger partial charge on any atom is -0.345 e. The van der Waals surface area contributed by atoms with Gasteiger partial charge >= 0.3 is 6.03 Å². The molecule has 1 aliphatic heterocycles. The third-order valence-electron chi connectivity index (χ3n) is 3.61. The molecule has 0 bridgehead atoms. The Balaban J connectivity index is 1.46. The van der Waals surface area contributed by atoms with Crippen LogP contribution in [0.1, 0.15) is 5.56 Å². The molecule has 3 rings (SSSR count). The Morgan fingerprint density at radius 3 is 2.59 bits per heavy atom. The lowest BCUT2D eigenvalue weighted by Gasteiger charge is -2.34. The lowest BCUT2D eigenvalue weighted by atomic mass is 10.2. The van der Waals surface area contributed by atoms with Crippen LogP contribution in [0.15, 0.2) is 35.8 Å². The van der Waals surface area contributed by atoms with E-state index in [1.165, 1.54) is 0 Å². The van der Waals surface area contributed by atoms with Crippen molar-refractivity contribution in [1.29, 1.82) is 0 Å². The molecule has 0 saturated carbocycles. The molecule has 0 aliphatic carbocycles. The first-order valence-electron chi connectivity index (χ1n) is 7.14. The van der Waals surface area contributed by atoms with Crippen LogP contribution in [-0.2, 0) is 6.54 Å². The summed E-state index contributed by atoms with van der Waals surface area (Å²) in [5.74, 6) is 0. The smallest absolute Gasteiger partial charge is 0.317 e. The summed E-state index contributed by atoms with van der Waals surface area (Å²) in [5.41, 5.74) is 1.04. The van der Waals surface area contributed by atoms with Gasteiger partial charge in [-0.3, -0.25) is 0 Å². The average Bonchev–Trinajstić information content (AvgIpc) is 3.09. The Morgan fingerprint density at radius 1 is 1.23 bits per heavy atom. The Hall–Kier alpha value is -1.79. The number of hydrogen-bond acceptors (Lipinski definition) is 4. The third-order valence-corrected chi connectivity index (χ3v) is 4.70. The molecule has 0 radical (unpaired) electrons. The normalized spacial score (nSPS) is 15.0. The molecular weight excluding hydrogens is 320 g/mol. The number of thiazole rings is 1. The van der Waals surface area contributed by atoms with Crippen molar-refractivity contribution in [2.24, 2.45) is 0 Å². The topological polar surface area (TPSA) is 48.5 Å². The monoisotopic (exact) mass is 336 g/mol. The van der Waals surface area contributed by atoms with E-state index >= 15 is 0 Å². The van der Waals surface area contributed by atoms with Crippen LogP contribution in [0.3, 0.4) is 0 Å². The fourth-order valence-electron chi connectivity index (χ4n) is 2.36. The first-order chi connectivity index (χ1) is 10.7. The molecule has 1 fully saturated rings. The van der Waals surface area contributed by atoms with Gasteiger partial charge < -0.3 is 15.1 Å². The molecule has 0 spiro atoms. The highest BCUT2D eigenvalue weighted by Crippen LogP contribution is 2.18. The quantitative estimate of drug-likeness (QED) is 0.937. The highest BCUT2D eigenvalue weighted by atomic mass is 35.5. The average molecular weight is 337 g/mol. The van der Waals surface area contributed by atoms with E-state index in [2.05, 4.69) is 15.2 Å². The molecule has 1 aliphatic rings. The van der Waals surface area contributed by atoms with Crippen molar-refractivity contribution in [3.05, 3.63) is 46.4 Å². The molecule has 1 aromatic carbocycles. The van der Waals surface area contributed by atoms with E-state index in [1.54, 1.807) is 11.3 Å². The van der Waals surface area contributed by atoms with Crippen LogP contribution in [0.5, 0.6) is 0 Å². The van der Waals surface area contributed by atoms with Gasteiger partial charge in [0.2, 0.25) is 0 Å². The number of halogens is 1. The lowest BCUT2D eigenvalue weighted by Crippen LogP contribution is -2.51. The van der Waals surface area contributed by atoms with Crippen LogP contribution in [0.4, 0.5) is 9.93 Å². The molecule has 5 nitrogen and oxygen atoms in total. The van der Waals surface area contributed by atoms with Crippen molar-refractivity contribution in [1.82, 2.24) is 15.2 Å². The molecule has 22 heavy (non-hydrogen) atoms. The third kappa shape index (κ3) is 3.69. The van der Waals surface area contributed by atoms with E-state index in [0.717, 1.165) is 23.8 Å². The second-order valence-corrected chi connectivity index (χ2v) is 6.38. The molecule has 2 amide bonds. The zero-order valence-electron chi connectivity index (χ0n) is 12.0. The van der Waals surface area contributed by atoms with E-state index < -0.39 is 0 Å². The highest BCUT2D eigenvalue weighted by molar-refractivity contribution is 7.13. The number of piperazine rings is 1. The maximum atomic E-state index is 12.2. The van der Waals surface area contributed by atoms with Crippen molar-refractivity contribution in [3.63, 3.8) is 0 Å². The van der Waals surface area contributed by atoms with Gasteiger partial charge in [0, 0.05) is 49.3 Å². The Bertz CT molecular complexity index is 609. The van der Waals surface area contributed by atoms with Crippen LogP contribution in [-0.4, -0.2) is 42.1 Å².